The molecule has 2 aliphatic rings. The van der Waals surface area contributed by atoms with E-state index < -0.39 is 9.84 Å². The van der Waals surface area contributed by atoms with Gasteiger partial charge in [0.2, 0.25) is 5.91 Å². The van der Waals surface area contributed by atoms with Gasteiger partial charge in [0.25, 0.3) is 0 Å². The minimum atomic E-state index is -2.97. The lowest BCUT2D eigenvalue weighted by Gasteiger charge is -2.24. The highest BCUT2D eigenvalue weighted by atomic mass is 32.2. The average Bonchev–Trinajstić information content (AvgIpc) is 2.63. The van der Waals surface area contributed by atoms with Crippen LogP contribution in [0.3, 0.4) is 0 Å². The first-order chi connectivity index (χ1) is 7.96. The predicted molar refractivity (Wildman–Crippen MR) is 65.0 cm³/mol. The Bertz CT molecular complexity index is 430. The van der Waals surface area contributed by atoms with Crippen LogP contribution in [0.4, 0.5) is 0 Å². The summed E-state index contributed by atoms with van der Waals surface area (Å²) in [5.74, 6) is 0.0142. The fraction of sp³-hybridized carbons (Fsp3) is 0.727. The molecule has 3 N–H and O–H groups in total. The standard InChI is InChI=1S/C11H18N2O3S/c12-9-4-3-8(6-9)11(14)13-10-2-1-5-17(15,16)7-10/h3-4,8-10H,1-2,5-7,12H2,(H,13,14). The molecule has 0 aromatic heterocycles. The van der Waals surface area contributed by atoms with Crippen molar-refractivity contribution in [1.82, 2.24) is 5.32 Å². The van der Waals surface area contributed by atoms with Gasteiger partial charge in [0, 0.05) is 12.1 Å². The number of nitrogens with one attached hydrogen (secondary N) is 1. The topological polar surface area (TPSA) is 89.3 Å². The lowest BCUT2D eigenvalue weighted by molar-refractivity contribution is -0.124. The normalized spacial score (nSPS) is 35.7. The van der Waals surface area contributed by atoms with E-state index in [1.807, 2.05) is 6.08 Å². The van der Waals surface area contributed by atoms with Crippen LogP contribution in [0, 0.1) is 5.92 Å². The molecule has 1 amide bonds. The van der Waals surface area contributed by atoms with Gasteiger partial charge >= 0.3 is 0 Å². The Hall–Kier alpha value is -0.880. The molecule has 5 nitrogen and oxygen atoms in total. The van der Waals surface area contributed by atoms with E-state index in [0.29, 0.717) is 12.8 Å². The smallest absolute Gasteiger partial charge is 0.227 e. The molecule has 3 atom stereocenters. The fourth-order valence-corrected chi connectivity index (χ4v) is 4.00. The monoisotopic (exact) mass is 258 g/mol. The molecule has 0 bridgehead atoms. The number of nitrogens with two attached hydrogens (primary N) is 1. The first kappa shape index (κ1) is 12.6. The van der Waals surface area contributed by atoms with E-state index in [9.17, 15) is 13.2 Å². The van der Waals surface area contributed by atoms with Crippen LogP contribution in [-0.4, -0.2) is 37.9 Å². The summed E-state index contributed by atoms with van der Waals surface area (Å²) in [5, 5.41) is 2.81. The number of carbonyl (C=O) groups excluding carboxylic acids is 1. The number of sulfone groups is 1. The molecule has 0 saturated carbocycles. The highest BCUT2D eigenvalue weighted by Gasteiger charge is 2.29. The highest BCUT2D eigenvalue weighted by Crippen LogP contribution is 2.18. The molecule has 0 spiro atoms. The van der Waals surface area contributed by atoms with Crippen molar-refractivity contribution in [2.45, 2.75) is 31.3 Å². The molecule has 3 unspecified atom stereocenters. The van der Waals surface area contributed by atoms with Crippen LogP contribution in [0.25, 0.3) is 0 Å². The molecule has 0 radical (unpaired) electrons. The van der Waals surface area contributed by atoms with Crippen molar-refractivity contribution < 1.29 is 13.2 Å². The van der Waals surface area contributed by atoms with Crippen LogP contribution in [0.15, 0.2) is 12.2 Å². The molecule has 1 fully saturated rings. The van der Waals surface area contributed by atoms with E-state index in [4.69, 9.17) is 5.73 Å². The molecule has 1 aliphatic heterocycles. The minimum Gasteiger partial charge on any atom is -0.352 e. The minimum absolute atomic E-state index is 0.0548. The molecule has 6 heteroatoms. The van der Waals surface area contributed by atoms with E-state index in [2.05, 4.69) is 5.32 Å². The molecule has 1 aliphatic carbocycles. The van der Waals surface area contributed by atoms with Crippen LogP contribution < -0.4 is 11.1 Å². The maximum atomic E-state index is 11.9. The first-order valence-corrected chi connectivity index (χ1v) is 7.73. The van der Waals surface area contributed by atoms with Crippen LogP contribution in [0.5, 0.6) is 0 Å². The molecule has 2 rings (SSSR count). The Balaban J connectivity index is 1.89. The molecule has 0 aromatic carbocycles. The number of hydrogen-bond donors (Lipinski definition) is 2. The third-order valence-corrected chi connectivity index (χ3v) is 5.08. The summed E-state index contributed by atoms with van der Waals surface area (Å²) < 4.78 is 22.9. The quantitative estimate of drug-likeness (QED) is 0.659. The lowest BCUT2D eigenvalue weighted by atomic mass is 10.1. The fourth-order valence-electron chi connectivity index (χ4n) is 2.37. The summed E-state index contributed by atoms with van der Waals surface area (Å²) in [6.07, 6.45) is 5.62. The van der Waals surface area contributed by atoms with Crippen molar-refractivity contribution >= 4 is 15.7 Å². The lowest BCUT2D eigenvalue weighted by Crippen LogP contribution is -2.45. The van der Waals surface area contributed by atoms with Gasteiger partial charge in [-0.25, -0.2) is 8.42 Å². The molecule has 1 saturated heterocycles. The Labute approximate surface area is 101 Å². The third kappa shape index (κ3) is 3.29. The van der Waals surface area contributed by atoms with Gasteiger partial charge in [-0.05, 0) is 19.3 Å². The zero-order valence-electron chi connectivity index (χ0n) is 9.63. The maximum Gasteiger partial charge on any atom is 0.227 e. The Morgan fingerprint density at radius 3 is 2.71 bits per heavy atom. The van der Waals surface area contributed by atoms with Crippen LogP contribution in [0.1, 0.15) is 19.3 Å². The van der Waals surface area contributed by atoms with Crippen LogP contribution in [-0.2, 0) is 14.6 Å². The van der Waals surface area contributed by atoms with Gasteiger partial charge in [-0.2, -0.15) is 0 Å². The average molecular weight is 258 g/mol. The number of hydrogen-bond acceptors (Lipinski definition) is 4. The third-order valence-electron chi connectivity index (χ3n) is 3.26. The summed E-state index contributed by atoms with van der Waals surface area (Å²) in [6.45, 7) is 0. The van der Waals surface area contributed by atoms with Gasteiger partial charge in [-0.1, -0.05) is 12.2 Å². The SMILES string of the molecule is NC1C=CC(C(=O)NC2CCCS(=O)(=O)C2)C1. The number of carbonyl (C=O) groups is 1. The molecule has 1 heterocycles. The van der Waals surface area contributed by atoms with E-state index in [1.165, 1.54) is 0 Å². The Morgan fingerprint density at radius 1 is 1.35 bits per heavy atom. The van der Waals surface area contributed by atoms with Gasteiger partial charge in [-0.3, -0.25) is 4.79 Å². The second-order valence-corrected chi connectivity index (χ2v) is 7.08. The number of amides is 1. The molecule has 17 heavy (non-hydrogen) atoms. The van der Waals surface area contributed by atoms with Gasteiger partial charge in [-0.15, -0.1) is 0 Å². The summed E-state index contributed by atoms with van der Waals surface area (Å²) in [5.41, 5.74) is 5.68. The molecular formula is C11H18N2O3S. The molecule has 96 valence electrons. The van der Waals surface area contributed by atoms with Crippen molar-refractivity contribution in [2.75, 3.05) is 11.5 Å². The van der Waals surface area contributed by atoms with Gasteiger partial charge in [0.05, 0.1) is 17.4 Å². The van der Waals surface area contributed by atoms with Gasteiger partial charge < -0.3 is 11.1 Å². The number of rotatable bonds is 2. The summed E-state index contributed by atoms with van der Waals surface area (Å²) >= 11 is 0. The summed E-state index contributed by atoms with van der Waals surface area (Å²) in [7, 11) is -2.97. The van der Waals surface area contributed by atoms with E-state index in [-0.39, 0.29) is 35.4 Å². The Kier molecular flexibility index (Phi) is 3.53. The van der Waals surface area contributed by atoms with Crippen molar-refractivity contribution in [3.8, 4) is 0 Å². The van der Waals surface area contributed by atoms with Crippen LogP contribution in [0.2, 0.25) is 0 Å². The van der Waals surface area contributed by atoms with Gasteiger partial charge in [0.15, 0.2) is 9.84 Å². The largest absolute Gasteiger partial charge is 0.352 e. The summed E-state index contributed by atoms with van der Waals surface area (Å²) in [4.78, 5) is 11.9. The zero-order valence-corrected chi connectivity index (χ0v) is 10.4. The van der Waals surface area contributed by atoms with Crippen molar-refractivity contribution in [3.63, 3.8) is 0 Å². The molecular weight excluding hydrogens is 240 g/mol. The molecule has 0 aromatic rings. The van der Waals surface area contributed by atoms with Crippen molar-refractivity contribution in [2.24, 2.45) is 11.7 Å². The van der Waals surface area contributed by atoms with Crippen molar-refractivity contribution in [3.05, 3.63) is 12.2 Å². The van der Waals surface area contributed by atoms with E-state index in [0.717, 1.165) is 6.42 Å². The van der Waals surface area contributed by atoms with E-state index in [1.54, 1.807) is 6.08 Å². The summed E-state index contributed by atoms with van der Waals surface area (Å²) in [6, 6.07) is -0.285. The highest BCUT2D eigenvalue weighted by molar-refractivity contribution is 7.91. The zero-order chi connectivity index (χ0) is 12.5. The maximum absolute atomic E-state index is 11.9. The second-order valence-electron chi connectivity index (χ2n) is 4.85. The van der Waals surface area contributed by atoms with Gasteiger partial charge in [0.1, 0.15) is 0 Å². The predicted octanol–water partition coefficient (Wildman–Crippen LogP) is -0.417. The van der Waals surface area contributed by atoms with E-state index >= 15 is 0 Å². The Morgan fingerprint density at radius 2 is 2.12 bits per heavy atom. The first-order valence-electron chi connectivity index (χ1n) is 5.91. The van der Waals surface area contributed by atoms with Crippen molar-refractivity contribution in [1.29, 1.82) is 0 Å². The second kappa shape index (κ2) is 4.78. The van der Waals surface area contributed by atoms with Crippen LogP contribution >= 0.6 is 0 Å².